The summed E-state index contributed by atoms with van der Waals surface area (Å²) in [6.07, 6.45) is 5.85. The highest BCUT2D eigenvalue weighted by molar-refractivity contribution is 5.07. The standard InChI is InChI=1S/C13H22N2O3/c1-3-5-6-8-10(7-4-2)15-12(17)9-11(16)14-13(15)18/h9-10,17H,3-8H2,1-2H3,(H,14,16,18). The van der Waals surface area contributed by atoms with Gasteiger partial charge in [0.25, 0.3) is 5.56 Å². The van der Waals surface area contributed by atoms with Crippen LogP contribution in [0.5, 0.6) is 5.88 Å². The third kappa shape index (κ3) is 3.75. The van der Waals surface area contributed by atoms with Gasteiger partial charge in [0.15, 0.2) is 0 Å². The average Bonchev–Trinajstić information content (AvgIpc) is 2.28. The minimum Gasteiger partial charge on any atom is -0.494 e. The van der Waals surface area contributed by atoms with Gasteiger partial charge in [-0.3, -0.25) is 14.3 Å². The number of aromatic nitrogens is 2. The zero-order chi connectivity index (χ0) is 13.5. The quantitative estimate of drug-likeness (QED) is 0.732. The Balaban J connectivity index is 2.98. The van der Waals surface area contributed by atoms with Crippen LogP contribution in [0.1, 0.15) is 58.4 Å². The number of H-pyrrole nitrogens is 1. The number of aromatic amines is 1. The molecule has 1 rings (SSSR count). The molecule has 1 heterocycles. The van der Waals surface area contributed by atoms with E-state index in [1.165, 1.54) is 4.57 Å². The van der Waals surface area contributed by atoms with Crippen LogP contribution in [0.25, 0.3) is 0 Å². The van der Waals surface area contributed by atoms with Crippen molar-refractivity contribution < 1.29 is 5.11 Å². The third-order valence-corrected chi connectivity index (χ3v) is 3.08. The van der Waals surface area contributed by atoms with E-state index in [0.717, 1.165) is 44.6 Å². The normalized spacial score (nSPS) is 12.6. The molecule has 0 radical (unpaired) electrons. The van der Waals surface area contributed by atoms with Gasteiger partial charge in [0.1, 0.15) is 0 Å². The topological polar surface area (TPSA) is 75.1 Å². The molecule has 0 saturated carbocycles. The van der Waals surface area contributed by atoms with Crippen molar-refractivity contribution in [2.75, 3.05) is 0 Å². The maximum absolute atomic E-state index is 11.8. The van der Waals surface area contributed by atoms with Crippen molar-refractivity contribution in [3.63, 3.8) is 0 Å². The summed E-state index contributed by atoms with van der Waals surface area (Å²) in [5.41, 5.74) is -1.08. The number of hydrogen-bond donors (Lipinski definition) is 2. The van der Waals surface area contributed by atoms with Crippen molar-refractivity contribution in [1.82, 2.24) is 9.55 Å². The Morgan fingerprint density at radius 2 is 1.94 bits per heavy atom. The lowest BCUT2D eigenvalue weighted by atomic mass is 10.0. The molecule has 2 N–H and O–H groups in total. The maximum Gasteiger partial charge on any atom is 0.331 e. The van der Waals surface area contributed by atoms with Gasteiger partial charge in [0.2, 0.25) is 5.88 Å². The molecule has 0 spiro atoms. The van der Waals surface area contributed by atoms with Gasteiger partial charge in [0, 0.05) is 6.04 Å². The van der Waals surface area contributed by atoms with Crippen molar-refractivity contribution in [3.8, 4) is 5.88 Å². The Morgan fingerprint density at radius 1 is 1.22 bits per heavy atom. The molecule has 0 bridgehead atoms. The number of nitrogens with one attached hydrogen (secondary N) is 1. The summed E-state index contributed by atoms with van der Waals surface area (Å²) < 4.78 is 1.31. The molecule has 0 saturated heterocycles. The molecule has 5 nitrogen and oxygen atoms in total. The van der Waals surface area contributed by atoms with Crippen LogP contribution < -0.4 is 11.2 Å². The number of rotatable bonds is 7. The van der Waals surface area contributed by atoms with Crippen molar-refractivity contribution in [1.29, 1.82) is 0 Å². The fraction of sp³-hybridized carbons (Fsp3) is 0.692. The van der Waals surface area contributed by atoms with Crippen LogP contribution in [-0.4, -0.2) is 14.7 Å². The number of aromatic hydroxyl groups is 1. The third-order valence-electron chi connectivity index (χ3n) is 3.08. The smallest absolute Gasteiger partial charge is 0.331 e. The summed E-state index contributed by atoms with van der Waals surface area (Å²) in [5, 5.41) is 9.77. The van der Waals surface area contributed by atoms with Gasteiger partial charge >= 0.3 is 5.69 Å². The largest absolute Gasteiger partial charge is 0.494 e. The summed E-state index contributed by atoms with van der Waals surface area (Å²) in [4.78, 5) is 25.0. The van der Waals surface area contributed by atoms with Gasteiger partial charge in [-0.1, -0.05) is 39.5 Å². The van der Waals surface area contributed by atoms with E-state index >= 15 is 0 Å². The highest BCUT2D eigenvalue weighted by Gasteiger charge is 2.15. The monoisotopic (exact) mass is 254 g/mol. The van der Waals surface area contributed by atoms with E-state index < -0.39 is 11.2 Å². The molecule has 18 heavy (non-hydrogen) atoms. The zero-order valence-corrected chi connectivity index (χ0v) is 11.1. The fourth-order valence-electron chi connectivity index (χ4n) is 2.21. The van der Waals surface area contributed by atoms with Gasteiger partial charge < -0.3 is 5.11 Å². The van der Waals surface area contributed by atoms with Crippen LogP contribution in [0.4, 0.5) is 0 Å². The van der Waals surface area contributed by atoms with E-state index in [1.807, 2.05) is 6.92 Å². The Labute approximate surface area is 106 Å². The molecule has 1 aromatic rings. The van der Waals surface area contributed by atoms with Crippen LogP contribution >= 0.6 is 0 Å². The first kappa shape index (κ1) is 14.5. The van der Waals surface area contributed by atoms with Gasteiger partial charge in [-0.25, -0.2) is 4.79 Å². The van der Waals surface area contributed by atoms with Crippen molar-refractivity contribution in [2.24, 2.45) is 0 Å². The van der Waals surface area contributed by atoms with E-state index in [0.29, 0.717) is 0 Å². The van der Waals surface area contributed by atoms with E-state index in [-0.39, 0.29) is 11.9 Å². The Hall–Kier alpha value is -1.52. The van der Waals surface area contributed by atoms with Gasteiger partial charge in [-0.05, 0) is 12.8 Å². The second-order valence-corrected chi connectivity index (χ2v) is 4.61. The lowest BCUT2D eigenvalue weighted by molar-refractivity contribution is 0.329. The van der Waals surface area contributed by atoms with Crippen LogP contribution in [0, 0.1) is 0 Å². The highest BCUT2D eigenvalue weighted by Crippen LogP contribution is 2.23. The summed E-state index contributed by atoms with van der Waals surface area (Å²) in [7, 11) is 0. The Kier molecular flexibility index (Phi) is 5.68. The summed E-state index contributed by atoms with van der Waals surface area (Å²) in [6, 6.07) is 1.02. The van der Waals surface area contributed by atoms with Crippen molar-refractivity contribution >= 4 is 0 Å². The van der Waals surface area contributed by atoms with Crippen LogP contribution in [0.2, 0.25) is 0 Å². The summed E-state index contributed by atoms with van der Waals surface area (Å²) in [5.74, 6) is -0.237. The Morgan fingerprint density at radius 3 is 2.50 bits per heavy atom. The van der Waals surface area contributed by atoms with Crippen molar-refractivity contribution in [2.45, 2.75) is 58.4 Å². The molecule has 1 unspecified atom stereocenters. The van der Waals surface area contributed by atoms with Crippen LogP contribution in [0.3, 0.4) is 0 Å². The minimum atomic E-state index is -0.558. The van der Waals surface area contributed by atoms with Gasteiger partial charge in [-0.15, -0.1) is 0 Å². The molecule has 0 fully saturated rings. The zero-order valence-electron chi connectivity index (χ0n) is 11.1. The molecule has 5 heteroatoms. The first-order valence-corrected chi connectivity index (χ1v) is 6.65. The van der Waals surface area contributed by atoms with E-state index in [2.05, 4.69) is 11.9 Å². The molecule has 102 valence electrons. The number of nitrogens with zero attached hydrogens (tertiary/aromatic N) is 1. The first-order valence-electron chi connectivity index (χ1n) is 6.65. The minimum absolute atomic E-state index is 0.0362. The Bertz CT molecular complexity index is 476. The molecule has 0 aromatic carbocycles. The lowest BCUT2D eigenvalue weighted by Gasteiger charge is -2.19. The highest BCUT2D eigenvalue weighted by atomic mass is 16.3. The predicted octanol–water partition coefficient (Wildman–Crippen LogP) is 2.16. The SMILES string of the molecule is CCCCCC(CCC)n1c(O)cc(=O)[nH]c1=O. The number of unbranched alkanes of at least 4 members (excludes halogenated alkanes) is 2. The molecule has 0 aliphatic heterocycles. The molecule has 0 amide bonds. The van der Waals surface area contributed by atoms with E-state index in [4.69, 9.17) is 0 Å². The van der Waals surface area contributed by atoms with E-state index in [9.17, 15) is 14.7 Å². The molecule has 1 aromatic heterocycles. The fourth-order valence-corrected chi connectivity index (χ4v) is 2.21. The summed E-state index contributed by atoms with van der Waals surface area (Å²) in [6.45, 7) is 4.17. The first-order chi connectivity index (χ1) is 8.60. The maximum atomic E-state index is 11.8. The van der Waals surface area contributed by atoms with Crippen LogP contribution in [-0.2, 0) is 0 Å². The van der Waals surface area contributed by atoms with Gasteiger partial charge in [-0.2, -0.15) is 0 Å². The molecular weight excluding hydrogens is 232 g/mol. The summed E-state index contributed by atoms with van der Waals surface area (Å²) >= 11 is 0. The van der Waals surface area contributed by atoms with E-state index in [1.54, 1.807) is 0 Å². The lowest BCUT2D eigenvalue weighted by Crippen LogP contribution is -2.32. The molecule has 1 atom stereocenters. The second-order valence-electron chi connectivity index (χ2n) is 4.61. The van der Waals surface area contributed by atoms with Gasteiger partial charge in [0.05, 0.1) is 6.07 Å². The molecule has 0 aliphatic carbocycles. The average molecular weight is 254 g/mol. The number of hydrogen-bond acceptors (Lipinski definition) is 3. The van der Waals surface area contributed by atoms with Crippen molar-refractivity contribution in [3.05, 3.63) is 26.9 Å². The molecular formula is C13H22N2O3. The van der Waals surface area contributed by atoms with Crippen LogP contribution in [0.15, 0.2) is 15.7 Å². The predicted molar refractivity (Wildman–Crippen MR) is 71.1 cm³/mol. The second kappa shape index (κ2) is 7.03. The molecule has 0 aliphatic rings.